The van der Waals surface area contributed by atoms with Crippen molar-refractivity contribution in [3.63, 3.8) is 0 Å². The van der Waals surface area contributed by atoms with Gasteiger partial charge in [-0.2, -0.15) is 5.10 Å². The van der Waals surface area contributed by atoms with Gasteiger partial charge in [-0.05, 0) is 23.3 Å². The highest BCUT2D eigenvalue weighted by molar-refractivity contribution is 6.31. The summed E-state index contributed by atoms with van der Waals surface area (Å²) >= 11 is 6.49. The Morgan fingerprint density at radius 1 is 1.14 bits per heavy atom. The van der Waals surface area contributed by atoms with Crippen LogP contribution in [0.2, 0.25) is 5.02 Å². The molecule has 2 aromatic heterocycles. The summed E-state index contributed by atoms with van der Waals surface area (Å²) < 4.78 is 1.64. The Hall–Kier alpha value is -3.12. The number of hydrogen-bond acceptors (Lipinski definition) is 3. The molecule has 7 heteroatoms. The summed E-state index contributed by atoms with van der Waals surface area (Å²) in [6.45, 7) is 0.956. The smallest absolute Gasteiger partial charge is 0.221 e. The van der Waals surface area contributed by atoms with Crippen molar-refractivity contribution in [1.82, 2.24) is 25.1 Å². The fraction of sp³-hybridized carbons (Fsp3) is 0.190. The summed E-state index contributed by atoms with van der Waals surface area (Å²) in [5.41, 5.74) is 3.16. The molecule has 1 unspecified atom stereocenters. The van der Waals surface area contributed by atoms with Crippen LogP contribution in [-0.4, -0.2) is 32.2 Å². The number of aromatic nitrogens is 4. The number of halogens is 1. The molecule has 1 atom stereocenters. The number of hydrogen-bond donors (Lipinski definition) is 2. The number of aryl methyl sites for hydroxylation is 1. The van der Waals surface area contributed by atoms with Gasteiger partial charge in [0.05, 0.1) is 6.54 Å². The molecule has 2 heterocycles. The molecule has 0 saturated heterocycles. The molecule has 4 rings (SSSR count). The van der Waals surface area contributed by atoms with E-state index < -0.39 is 0 Å². The lowest BCUT2D eigenvalue weighted by Gasteiger charge is -2.19. The fourth-order valence-corrected chi connectivity index (χ4v) is 3.66. The molecule has 0 fully saturated rings. The monoisotopic (exact) mass is 393 g/mol. The predicted molar refractivity (Wildman–Crippen MR) is 109 cm³/mol. The zero-order valence-electron chi connectivity index (χ0n) is 15.2. The third kappa shape index (κ3) is 3.92. The van der Waals surface area contributed by atoms with Crippen LogP contribution in [0.25, 0.3) is 10.9 Å². The van der Waals surface area contributed by atoms with Crippen molar-refractivity contribution in [1.29, 1.82) is 0 Å². The van der Waals surface area contributed by atoms with E-state index in [0.29, 0.717) is 24.5 Å². The molecular formula is C21H20ClN5O. The molecule has 142 valence electrons. The van der Waals surface area contributed by atoms with E-state index in [-0.39, 0.29) is 11.8 Å². The number of nitrogens with one attached hydrogen (secondary N) is 2. The SMILES string of the molecule is O=C(CCn1cncn1)NCC(c1ccccc1Cl)c1c[nH]c2ccccc12. The molecule has 0 saturated carbocycles. The van der Waals surface area contributed by atoms with Crippen LogP contribution in [0.1, 0.15) is 23.5 Å². The fourth-order valence-electron chi connectivity index (χ4n) is 3.40. The number of benzene rings is 2. The Balaban J connectivity index is 1.55. The summed E-state index contributed by atoms with van der Waals surface area (Å²) in [5, 5.41) is 8.89. The lowest BCUT2D eigenvalue weighted by atomic mass is 9.90. The van der Waals surface area contributed by atoms with Crippen molar-refractivity contribution < 1.29 is 4.79 Å². The number of aromatic amines is 1. The summed E-state index contributed by atoms with van der Waals surface area (Å²) in [4.78, 5) is 19.6. The van der Waals surface area contributed by atoms with Gasteiger partial charge in [0.25, 0.3) is 0 Å². The van der Waals surface area contributed by atoms with Crippen LogP contribution in [0, 0.1) is 0 Å². The highest BCUT2D eigenvalue weighted by atomic mass is 35.5. The third-order valence-electron chi connectivity index (χ3n) is 4.82. The minimum absolute atomic E-state index is 0.0348. The van der Waals surface area contributed by atoms with Crippen molar-refractivity contribution in [2.45, 2.75) is 18.9 Å². The van der Waals surface area contributed by atoms with Gasteiger partial charge in [-0.15, -0.1) is 0 Å². The maximum Gasteiger partial charge on any atom is 0.221 e. The van der Waals surface area contributed by atoms with Gasteiger partial charge in [-0.25, -0.2) is 4.98 Å². The molecule has 4 aromatic rings. The zero-order chi connectivity index (χ0) is 19.3. The Morgan fingerprint density at radius 2 is 1.96 bits per heavy atom. The van der Waals surface area contributed by atoms with Crippen LogP contribution in [0.3, 0.4) is 0 Å². The number of H-pyrrole nitrogens is 1. The van der Waals surface area contributed by atoms with Crippen molar-refractivity contribution in [2.24, 2.45) is 0 Å². The van der Waals surface area contributed by atoms with Crippen LogP contribution >= 0.6 is 11.6 Å². The Bertz CT molecular complexity index is 1070. The van der Waals surface area contributed by atoms with E-state index in [2.05, 4.69) is 26.4 Å². The van der Waals surface area contributed by atoms with Crippen LogP contribution in [0.15, 0.2) is 67.4 Å². The quantitative estimate of drug-likeness (QED) is 0.502. The second-order valence-electron chi connectivity index (χ2n) is 6.58. The molecule has 0 aliphatic heterocycles. The van der Waals surface area contributed by atoms with E-state index in [1.165, 1.54) is 6.33 Å². The van der Waals surface area contributed by atoms with Gasteiger partial charge < -0.3 is 10.3 Å². The molecule has 0 radical (unpaired) electrons. The zero-order valence-corrected chi connectivity index (χ0v) is 15.9. The third-order valence-corrected chi connectivity index (χ3v) is 5.16. The normalized spacial score (nSPS) is 12.2. The number of carbonyl (C=O) groups is 1. The maximum absolute atomic E-state index is 12.4. The molecule has 6 nitrogen and oxygen atoms in total. The molecule has 0 spiro atoms. The van der Waals surface area contributed by atoms with Crippen LogP contribution in [0.5, 0.6) is 0 Å². The van der Waals surface area contributed by atoms with E-state index >= 15 is 0 Å². The Kier molecular flexibility index (Phi) is 5.39. The second-order valence-corrected chi connectivity index (χ2v) is 6.98. The summed E-state index contributed by atoms with van der Waals surface area (Å²) in [7, 11) is 0. The number of carbonyl (C=O) groups excluding carboxylic acids is 1. The molecular weight excluding hydrogens is 374 g/mol. The van der Waals surface area contributed by atoms with Crippen LogP contribution < -0.4 is 5.32 Å². The van der Waals surface area contributed by atoms with Gasteiger partial charge in [-0.1, -0.05) is 48.0 Å². The summed E-state index contributed by atoms with van der Waals surface area (Å²) in [6.07, 6.45) is 5.40. The number of nitrogens with zero attached hydrogens (tertiary/aromatic N) is 3. The van der Waals surface area contributed by atoms with Crippen LogP contribution in [-0.2, 0) is 11.3 Å². The second kappa shape index (κ2) is 8.27. The molecule has 0 aliphatic carbocycles. The van der Waals surface area contributed by atoms with E-state index in [4.69, 9.17) is 11.6 Å². The average molecular weight is 394 g/mol. The van der Waals surface area contributed by atoms with Gasteiger partial charge in [-0.3, -0.25) is 9.48 Å². The van der Waals surface area contributed by atoms with Gasteiger partial charge in [0.2, 0.25) is 5.91 Å². The first kappa shape index (κ1) is 18.3. The first-order valence-corrected chi connectivity index (χ1v) is 9.49. The molecule has 2 aromatic carbocycles. The summed E-state index contributed by atoms with van der Waals surface area (Å²) in [6, 6.07) is 15.9. The number of fused-ring (bicyclic) bond motifs is 1. The van der Waals surface area contributed by atoms with Crippen molar-refractivity contribution >= 4 is 28.4 Å². The van der Waals surface area contributed by atoms with Crippen molar-refractivity contribution in [3.8, 4) is 0 Å². The molecule has 2 N–H and O–H groups in total. The van der Waals surface area contributed by atoms with Gasteiger partial charge in [0.1, 0.15) is 12.7 Å². The highest BCUT2D eigenvalue weighted by Crippen LogP contribution is 2.34. The standard InChI is InChI=1S/C21H20ClN5O/c22-19-7-3-1-5-15(19)17(18-11-24-20-8-4-2-6-16(18)20)12-25-21(28)9-10-27-14-23-13-26-27/h1-8,11,13-14,17,24H,9-10,12H2,(H,25,28). The number of amides is 1. The Morgan fingerprint density at radius 3 is 2.79 bits per heavy atom. The minimum Gasteiger partial charge on any atom is -0.361 e. The summed E-state index contributed by atoms with van der Waals surface area (Å²) in [5.74, 6) is -0.0902. The van der Waals surface area contributed by atoms with Crippen molar-refractivity contribution in [2.75, 3.05) is 6.54 Å². The highest BCUT2D eigenvalue weighted by Gasteiger charge is 2.21. The van der Waals surface area contributed by atoms with E-state index in [0.717, 1.165) is 22.0 Å². The average Bonchev–Trinajstić information content (AvgIpc) is 3.38. The van der Waals surface area contributed by atoms with Crippen LogP contribution in [0.4, 0.5) is 0 Å². The number of rotatable bonds is 7. The van der Waals surface area contributed by atoms with Gasteiger partial charge in [0, 0.05) is 41.0 Å². The molecule has 1 amide bonds. The largest absolute Gasteiger partial charge is 0.361 e. The molecule has 0 bridgehead atoms. The predicted octanol–water partition coefficient (Wildman–Crippen LogP) is 3.75. The topological polar surface area (TPSA) is 75.6 Å². The Labute approximate surface area is 167 Å². The van der Waals surface area contributed by atoms with Gasteiger partial charge in [0.15, 0.2) is 0 Å². The van der Waals surface area contributed by atoms with Crippen molar-refractivity contribution in [3.05, 3.63) is 83.5 Å². The molecule has 28 heavy (non-hydrogen) atoms. The van der Waals surface area contributed by atoms with E-state index in [1.807, 2.05) is 48.7 Å². The maximum atomic E-state index is 12.4. The lowest BCUT2D eigenvalue weighted by molar-refractivity contribution is -0.121. The first-order chi connectivity index (χ1) is 13.7. The minimum atomic E-state index is -0.0554. The first-order valence-electron chi connectivity index (χ1n) is 9.12. The van der Waals surface area contributed by atoms with Gasteiger partial charge >= 0.3 is 0 Å². The number of para-hydroxylation sites is 1. The lowest BCUT2D eigenvalue weighted by Crippen LogP contribution is -2.29. The van der Waals surface area contributed by atoms with E-state index in [1.54, 1.807) is 11.0 Å². The molecule has 0 aliphatic rings. The van der Waals surface area contributed by atoms with E-state index in [9.17, 15) is 4.79 Å².